The Bertz CT molecular complexity index is 380. The number of rotatable bonds is 6. The predicted octanol–water partition coefficient (Wildman–Crippen LogP) is 3.29. The molecule has 94 valence electrons. The highest BCUT2D eigenvalue weighted by molar-refractivity contribution is 9.10. The van der Waals surface area contributed by atoms with Crippen molar-refractivity contribution in [3.05, 3.63) is 22.7 Å². The van der Waals surface area contributed by atoms with Gasteiger partial charge in [-0.2, -0.15) is 0 Å². The van der Waals surface area contributed by atoms with Crippen molar-refractivity contribution in [3.8, 4) is 5.75 Å². The van der Waals surface area contributed by atoms with E-state index in [1.165, 1.54) is 12.8 Å². The van der Waals surface area contributed by atoms with Crippen LogP contribution in [0.25, 0.3) is 0 Å². The lowest BCUT2D eigenvalue weighted by Crippen LogP contribution is -2.27. The molecular weight excluding hydrogens is 282 g/mol. The van der Waals surface area contributed by atoms with Gasteiger partial charge in [-0.15, -0.1) is 0 Å². The zero-order valence-electron chi connectivity index (χ0n) is 10.2. The highest BCUT2D eigenvalue weighted by atomic mass is 79.9. The fourth-order valence-corrected chi connectivity index (χ4v) is 2.28. The molecule has 0 aromatic heterocycles. The highest BCUT2D eigenvalue weighted by Gasteiger charge is 2.31. The summed E-state index contributed by atoms with van der Waals surface area (Å²) in [4.78, 5) is 0. The molecule has 0 radical (unpaired) electrons. The summed E-state index contributed by atoms with van der Waals surface area (Å²) in [6, 6.07) is 6.34. The molecule has 2 rings (SSSR count). The minimum Gasteiger partial charge on any atom is -0.497 e. The molecule has 1 aromatic rings. The van der Waals surface area contributed by atoms with Gasteiger partial charge in [0.05, 0.1) is 25.4 Å². The van der Waals surface area contributed by atoms with Crippen molar-refractivity contribution >= 4 is 21.6 Å². The second kappa shape index (κ2) is 5.74. The topological polar surface area (TPSA) is 30.5 Å². The van der Waals surface area contributed by atoms with Crippen molar-refractivity contribution in [2.45, 2.75) is 18.9 Å². The Labute approximate surface area is 111 Å². The fourth-order valence-electron chi connectivity index (χ4n) is 1.92. The molecule has 1 aliphatic rings. The Balaban J connectivity index is 2.09. The summed E-state index contributed by atoms with van der Waals surface area (Å²) in [5, 5.41) is 3.53. The van der Waals surface area contributed by atoms with Gasteiger partial charge in [-0.25, -0.2) is 0 Å². The average Bonchev–Trinajstić information content (AvgIpc) is 3.15. The maximum Gasteiger partial charge on any atom is 0.121 e. The second-order valence-corrected chi connectivity index (χ2v) is 5.24. The normalized spacial score (nSPS) is 16.6. The molecule has 1 fully saturated rings. The summed E-state index contributed by atoms with van der Waals surface area (Å²) in [5.41, 5.74) is 1.07. The van der Waals surface area contributed by atoms with Crippen LogP contribution in [-0.4, -0.2) is 26.9 Å². The van der Waals surface area contributed by atoms with Crippen molar-refractivity contribution in [1.29, 1.82) is 0 Å². The fraction of sp³-hybridized carbons (Fsp3) is 0.538. The number of ether oxygens (including phenoxy) is 2. The van der Waals surface area contributed by atoms with Crippen LogP contribution in [0.2, 0.25) is 0 Å². The summed E-state index contributed by atoms with van der Waals surface area (Å²) in [6.45, 7) is 0.744. The van der Waals surface area contributed by atoms with Crippen LogP contribution in [0.1, 0.15) is 12.8 Å². The summed E-state index contributed by atoms with van der Waals surface area (Å²) in [5.74, 6) is 1.61. The standard InChI is InChI=1S/C13H18BrNO2/c1-16-8-13(9-3-4-9)15-12-7-10(17-2)5-6-11(12)14/h5-7,9,13,15H,3-4,8H2,1-2H3. The number of anilines is 1. The molecule has 4 heteroatoms. The van der Waals surface area contributed by atoms with Crippen molar-refractivity contribution in [2.24, 2.45) is 5.92 Å². The van der Waals surface area contributed by atoms with Gasteiger partial charge < -0.3 is 14.8 Å². The molecule has 17 heavy (non-hydrogen) atoms. The molecule has 0 bridgehead atoms. The summed E-state index contributed by atoms with van der Waals surface area (Å²) in [7, 11) is 3.43. The SMILES string of the molecule is COCC(Nc1cc(OC)ccc1Br)C1CC1. The van der Waals surface area contributed by atoms with Crippen molar-refractivity contribution < 1.29 is 9.47 Å². The van der Waals surface area contributed by atoms with Gasteiger partial charge in [-0.1, -0.05) is 0 Å². The van der Waals surface area contributed by atoms with Gasteiger partial charge in [0.25, 0.3) is 0 Å². The lowest BCUT2D eigenvalue weighted by atomic mass is 10.2. The molecule has 1 aliphatic carbocycles. The summed E-state index contributed by atoms with van der Waals surface area (Å²) < 4.78 is 11.6. The first-order valence-electron chi connectivity index (χ1n) is 5.83. The largest absolute Gasteiger partial charge is 0.497 e. The van der Waals surface area contributed by atoms with E-state index >= 15 is 0 Å². The van der Waals surface area contributed by atoms with Crippen LogP contribution in [-0.2, 0) is 4.74 Å². The van der Waals surface area contributed by atoms with Crippen molar-refractivity contribution in [3.63, 3.8) is 0 Å². The van der Waals surface area contributed by atoms with E-state index in [-0.39, 0.29) is 0 Å². The van der Waals surface area contributed by atoms with Gasteiger partial charge in [0.2, 0.25) is 0 Å². The lowest BCUT2D eigenvalue weighted by Gasteiger charge is -2.20. The first kappa shape index (κ1) is 12.7. The van der Waals surface area contributed by atoms with Gasteiger partial charge in [0, 0.05) is 17.6 Å². The van der Waals surface area contributed by atoms with Crippen molar-refractivity contribution in [2.75, 3.05) is 26.1 Å². The van der Waals surface area contributed by atoms with Gasteiger partial charge in [0.1, 0.15) is 5.75 Å². The number of nitrogens with one attached hydrogen (secondary N) is 1. The average molecular weight is 300 g/mol. The third-order valence-corrected chi connectivity index (χ3v) is 3.74. The lowest BCUT2D eigenvalue weighted by molar-refractivity contribution is 0.179. The van der Waals surface area contributed by atoms with Gasteiger partial charge in [0.15, 0.2) is 0 Å². The Morgan fingerprint density at radius 1 is 1.41 bits per heavy atom. The van der Waals surface area contributed by atoms with Crippen LogP contribution in [0.5, 0.6) is 5.75 Å². The monoisotopic (exact) mass is 299 g/mol. The van der Waals surface area contributed by atoms with E-state index in [2.05, 4.69) is 21.2 Å². The number of hydrogen-bond acceptors (Lipinski definition) is 3. The summed E-state index contributed by atoms with van der Waals surface area (Å²) in [6.07, 6.45) is 2.59. The van der Waals surface area contributed by atoms with Gasteiger partial charge >= 0.3 is 0 Å². The van der Waals surface area contributed by atoms with E-state index in [1.807, 2.05) is 18.2 Å². The predicted molar refractivity (Wildman–Crippen MR) is 72.7 cm³/mol. The molecule has 3 nitrogen and oxygen atoms in total. The summed E-state index contributed by atoms with van der Waals surface area (Å²) >= 11 is 3.55. The van der Waals surface area contributed by atoms with E-state index in [4.69, 9.17) is 9.47 Å². The van der Waals surface area contributed by atoms with Crippen LogP contribution in [0.3, 0.4) is 0 Å². The molecule has 0 spiro atoms. The first-order valence-corrected chi connectivity index (χ1v) is 6.63. The number of halogens is 1. The quantitative estimate of drug-likeness (QED) is 0.874. The molecule has 0 aliphatic heterocycles. The number of hydrogen-bond donors (Lipinski definition) is 1. The molecule has 0 saturated heterocycles. The third kappa shape index (κ3) is 3.36. The van der Waals surface area contributed by atoms with Crippen LogP contribution in [0, 0.1) is 5.92 Å². The van der Waals surface area contributed by atoms with Gasteiger partial charge in [-0.05, 0) is 46.8 Å². The van der Waals surface area contributed by atoms with E-state index in [9.17, 15) is 0 Å². The molecule has 0 amide bonds. The van der Waals surface area contributed by atoms with Crippen molar-refractivity contribution in [1.82, 2.24) is 0 Å². The molecule has 1 saturated carbocycles. The Morgan fingerprint density at radius 3 is 2.76 bits per heavy atom. The smallest absolute Gasteiger partial charge is 0.121 e. The second-order valence-electron chi connectivity index (χ2n) is 4.39. The molecule has 1 aromatic carbocycles. The zero-order chi connectivity index (χ0) is 12.3. The molecule has 1 unspecified atom stereocenters. The van der Waals surface area contributed by atoms with Gasteiger partial charge in [-0.3, -0.25) is 0 Å². The Morgan fingerprint density at radius 2 is 2.18 bits per heavy atom. The van der Waals surface area contributed by atoms with E-state index in [0.29, 0.717) is 6.04 Å². The van der Waals surface area contributed by atoms with Crippen LogP contribution < -0.4 is 10.1 Å². The van der Waals surface area contributed by atoms with E-state index in [1.54, 1.807) is 14.2 Å². The van der Waals surface area contributed by atoms with Crippen LogP contribution in [0.4, 0.5) is 5.69 Å². The first-order chi connectivity index (χ1) is 8.24. The number of benzene rings is 1. The zero-order valence-corrected chi connectivity index (χ0v) is 11.8. The van der Waals surface area contributed by atoms with E-state index in [0.717, 1.165) is 28.4 Å². The van der Waals surface area contributed by atoms with Crippen LogP contribution >= 0.6 is 15.9 Å². The maximum absolute atomic E-state index is 5.26. The molecular formula is C13H18BrNO2. The van der Waals surface area contributed by atoms with E-state index < -0.39 is 0 Å². The Kier molecular flexibility index (Phi) is 4.29. The minimum atomic E-state index is 0.392. The third-order valence-electron chi connectivity index (χ3n) is 3.05. The number of methoxy groups -OCH3 is 2. The van der Waals surface area contributed by atoms with Crippen LogP contribution in [0.15, 0.2) is 22.7 Å². The maximum atomic E-state index is 5.26. The highest BCUT2D eigenvalue weighted by Crippen LogP contribution is 2.36. The minimum absolute atomic E-state index is 0.392. The molecule has 1 N–H and O–H groups in total. The molecule has 1 atom stereocenters. The Hall–Kier alpha value is -0.740. The molecule has 0 heterocycles.